The summed E-state index contributed by atoms with van der Waals surface area (Å²) in [5, 5.41) is 12.6. The number of thioether (sulfide) groups is 1. The molecule has 3 rings (SSSR count). The number of benzene rings is 1. The molecule has 3 aromatic rings. The average molecular weight is 547 g/mol. The Balaban J connectivity index is 1.78. The molecular weight excluding hydrogens is 508 g/mol. The number of aromatic nitrogens is 4. The first-order chi connectivity index (χ1) is 18.4. The van der Waals surface area contributed by atoms with E-state index in [2.05, 4.69) is 34.6 Å². The molecule has 2 heterocycles. The molecule has 11 nitrogen and oxygen atoms in total. The molecule has 0 aliphatic carbocycles. The van der Waals surface area contributed by atoms with E-state index >= 15 is 0 Å². The van der Waals surface area contributed by atoms with Gasteiger partial charge in [-0.05, 0) is 32.9 Å². The van der Waals surface area contributed by atoms with Crippen molar-refractivity contribution in [2.24, 2.45) is 0 Å². The van der Waals surface area contributed by atoms with E-state index in [1.807, 2.05) is 20.8 Å². The van der Waals surface area contributed by atoms with E-state index in [4.69, 9.17) is 23.9 Å². The first kappa shape index (κ1) is 29.3. The maximum atomic E-state index is 13.1. The van der Waals surface area contributed by atoms with Crippen LogP contribution in [0, 0.1) is 0 Å². The molecule has 38 heavy (non-hydrogen) atoms. The van der Waals surface area contributed by atoms with Gasteiger partial charge in [0, 0.05) is 31.0 Å². The van der Waals surface area contributed by atoms with Crippen LogP contribution in [0.1, 0.15) is 45.0 Å². The molecule has 12 heteroatoms. The Labute approximate surface area is 228 Å². The van der Waals surface area contributed by atoms with Crippen LogP contribution in [0.25, 0.3) is 11.0 Å². The van der Waals surface area contributed by atoms with Gasteiger partial charge in [0.15, 0.2) is 22.3 Å². The third-order valence-electron chi connectivity index (χ3n) is 5.20. The number of ether oxygens (including phenoxy) is 4. The topological polar surface area (TPSA) is 122 Å². The summed E-state index contributed by atoms with van der Waals surface area (Å²) >= 11 is 1.58. The Bertz CT molecular complexity index is 1180. The van der Waals surface area contributed by atoms with Crippen LogP contribution >= 0.6 is 11.8 Å². The summed E-state index contributed by atoms with van der Waals surface area (Å²) in [5.74, 6) is 1.92. The van der Waals surface area contributed by atoms with E-state index in [0.717, 1.165) is 5.39 Å². The highest BCUT2D eigenvalue weighted by molar-refractivity contribution is 7.99. The summed E-state index contributed by atoms with van der Waals surface area (Å²) in [7, 11) is 1.66. The van der Waals surface area contributed by atoms with Crippen LogP contribution in [-0.4, -0.2) is 77.5 Å². The van der Waals surface area contributed by atoms with Gasteiger partial charge in [-0.3, -0.25) is 4.79 Å². The van der Waals surface area contributed by atoms with Crippen molar-refractivity contribution in [3.8, 4) is 17.2 Å². The van der Waals surface area contributed by atoms with Gasteiger partial charge in [0.2, 0.25) is 5.75 Å². The molecule has 0 saturated carbocycles. The van der Waals surface area contributed by atoms with Gasteiger partial charge in [-0.25, -0.2) is 14.6 Å². The second-order valence-electron chi connectivity index (χ2n) is 8.40. The molecule has 2 aromatic heterocycles. The summed E-state index contributed by atoms with van der Waals surface area (Å²) < 4.78 is 24.1. The first-order valence-electron chi connectivity index (χ1n) is 12.9. The molecule has 2 N–H and O–H groups in total. The standard InChI is InChI=1S/C26H38N6O5S/c1-7-35-20-14-18(15-21(36-8-2)22(20)37-9-3)25(33)28-10-12-32-24-19(16-29-32)23(27-11-13-34-6)30-26(31-24)38-17(4)5/h14-17H,7-13H2,1-6H3,(H,28,33)(H,27,30,31). The predicted octanol–water partition coefficient (Wildman–Crippen LogP) is 4.01. The third-order valence-corrected chi connectivity index (χ3v) is 6.06. The quantitative estimate of drug-likeness (QED) is 0.155. The summed E-state index contributed by atoms with van der Waals surface area (Å²) in [6.45, 7) is 13.1. The van der Waals surface area contributed by atoms with E-state index in [1.165, 1.54) is 0 Å². The van der Waals surface area contributed by atoms with Crippen LogP contribution < -0.4 is 24.8 Å². The zero-order valence-corrected chi connectivity index (χ0v) is 23.8. The number of methoxy groups -OCH3 is 1. The van der Waals surface area contributed by atoms with Crippen molar-refractivity contribution in [3.05, 3.63) is 23.9 Å². The van der Waals surface area contributed by atoms with Gasteiger partial charge in [0.05, 0.1) is 44.6 Å². The van der Waals surface area contributed by atoms with Crippen LogP contribution in [0.4, 0.5) is 5.82 Å². The van der Waals surface area contributed by atoms with Gasteiger partial charge in [0.25, 0.3) is 5.91 Å². The van der Waals surface area contributed by atoms with E-state index < -0.39 is 0 Å². The Morgan fingerprint density at radius 3 is 2.32 bits per heavy atom. The van der Waals surface area contributed by atoms with Gasteiger partial charge in [-0.2, -0.15) is 5.10 Å². The number of rotatable bonds is 16. The van der Waals surface area contributed by atoms with Crippen LogP contribution in [-0.2, 0) is 11.3 Å². The number of carbonyl (C=O) groups excluding carboxylic acids is 1. The predicted molar refractivity (Wildman–Crippen MR) is 149 cm³/mol. The van der Waals surface area contributed by atoms with E-state index in [9.17, 15) is 4.79 Å². The molecule has 0 unspecified atom stereocenters. The smallest absolute Gasteiger partial charge is 0.251 e. The number of fused-ring (bicyclic) bond motifs is 1. The fraction of sp³-hybridized carbons (Fsp3) is 0.538. The number of carbonyl (C=O) groups is 1. The molecule has 0 radical (unpaired) electrons. The summed E-state index contributed by atoms with van der Waals surface area (Å²) in [4.78, 5) is 22.5. The highest BCUT2D eigenvalue weighted by atomic mass is 32.2. The minimum absolute atomic E-state index is 0.251. The Morgan fingerprint density at radius 1 is 1.03 bits per heavy atom. The Morgan fingerprint density at radius 2 is 1.71 bits per heavy atom. The number of anilines is 1. The Hall–Kier alpha value is -3.25. The molecule has 0 spiro atoms. The molecule has 0 fully saturated rings. The Kier molecular flexibility index (Phi) is 11.3. The summed E-state index contributed by atoms with van der Waals surface area (Å²) in [6, 6.07) is 3.35. The monoisotopic (exact) mass is 546 g/mol. The molecule has 1 aromatic carbocycles. The van der Waals surface area contributed by atoms with Gasteiger partial charge >= 0.3 is 0 Å². The number of nitrogens with zero attached hydrogens (tertiary/aromatic N) is 4. The SMILES string of the molecule is CCOc1cc(C(=O)NCCn2ncc3c(NCCOC)nc(SC(C)C)nc32)cc(OCC)c1OCC. The summed E-state index contributed by atoms with van der Waals surface area (Å²) in [6.07, 6.45) is 1.74. The molecular formula is C26H38N6O5S. The molecule has 0 aliphatic rings. The fourth-order valence-corrected chi connectivity index (χ4v) is 4.37. The molecule has 0 bridgehead atoms. The van der Waals surface area contributed by atoms with Crippen molar-refractivity contribution in [3.63, 3.8) is 0 Å². The van der Waals surface area contributed by atoms with Crippen molar-refractivity contribution >= 4 is 34.5 Å². The maximum absolute atomic E-state index is 13.1. The maximum Gasteiger partial charge on any atom is 0.251 e. The molecule has 0 atom stereocenters. The zero-order valence-electron chi connectivity index (χ0n) is 23.0. The molecule has 1 amide bonds. The van der Waals surface area contributed by atoms with Crippen molar-refractivity contribution in [1.29, 1.82) is 0 Å². The van der Waals surface area contributed by atoms with Gasteiger partial charge in [0.1, 0.15) is 5.82 Å². The van der Waals surface area contributed by atoms with Crippen molar-refractivity contribution in [2.45, 2.75) is 51.6 Å². The van der Waals surface area contributed by atoms with Crippen LogP contribution in [0.5, 0.6) is 17.2 Å². The molecule has 0 saturated heterocycles. The second kappa shape index (κ2) is 14.6. The second-order valence-corrected chi connectivity index (χ2v) is 9.95. The van der Waals surface area contributed by atoms with Crippen LogP contribution in [0.15, 0.2) is 23.5 Å². The number of hydrogen-bond acceptors (Lipinski definition) is 10. The highest BCUT2D eigenvalue weighted by Crippen LogP contribution is 2.39. The molecule has 0 aliphatic heterocycles. The van der Waals surface area contributed by atoms with Crippen molar-refractivity contribution in [2.75, 3.05) is 51.9 Å². The van der Waals surface area contributed by atoms with E-state index in [0.29, 0.717) is 90.7 Å². The van der Waals surface area contributed by atoms with Crippen LogP contribution in [0.2, 0.25) is 0 Å². The van der Waals surface area contributed by atoms with Crippen molar-refractivity contribution in [1.82, 2.24) is 25.1 Å². The third kappa shape index (κ3) is 7.64. The fourth-order valence-electron chi connectivity index (χ4n) is 3.67. The minimum Gasteiger partial charge on any atom is -0.490 e. The van der Waals surface area contributed by atoms with Gasteiger partial charge in [-0.1, -0.05) is 25.6 Å². The highest BCUT2D eigenvalue weighted by Gasteiger charge is 2.19. The number of amides is 1. The van der Waals surface area contributed by atoms with E-state index in [1.54, 1.807) is 41.9 Å². The van der Waals surface area contributed by atoms with Crippen LogP contribution in [0.3, 0.4) is 0 Å². The minimum atomic E-state index is -0.251. The van der Waals surface area contributed by atoms with Crippen molar-refractivity contribution < 1.29 is 23.7 Å². The van der Waals surface area contributed by atoms with E-state index in [-0.39, 0.29) is 5.91 Å². The van der Waals surface area contributed by atoms with Gasteiger partial charge < -0.3 is 29.6 Å². The number of nitrogens with one attached hydrogen (secondary N) is 2. The van der Waals surface area contributed by atoms with Gasteiger partial charge in [-0.15, -0.1) is 0 Å². The lowest BCUT2D eigenvalue weighted by molar-refractivity contribution is 0.0951. The summed E-state index contributed by atoms with van der Waals surface area (Å²) in [5.41, 5.74) is 1.13. The lowest BCUT2D eigenvalue weighted by atomic mass is 10.1. The molecule has 208 valence electrons. The largest absolute Gasteiger partial charge is 0.490 e. The average Bonchev–Trinajstić information content (AvgIpc) is 3.28. The normalized spacial score (nSPS) is 11.1. The number of hydrogen-bond donors (Lipinski definition) is 2. The lowest BCUT2D eigenvalue weighted by Gasteiger charge is -2.17. The first-order valence-corrected chi connectivity index (χ1v) is 13.8. The lowest BCUT2D eigenvalue weighted by Crippen LogP contribution is -2.27. The zero-order chi connectivity index (χ0) is 27.5.